The van der Waals surface area contributed by atoms with Gasteiger partial charge in [0.05, 0.1) is 25.4 Å². The van der Waals surface area contributed by atoms with E-state index in [1.54, 1.807) is 0 Å². The Morgan fingerprint density at radius 1 is 1.28 bits per heavy atom. The van der Waals surface area contributed by atoms with Gasteiger partial charge in [0.25, 0.3) is 6.43 Å². The molecular weight excluding hydrogens is 384 g/mol. The van der Waals surface area contributed by atoms with E-state index in [0.29, 0.717) is 38.9 Å². The molecule has 0 radical (unpaired) electrons. The van der Waals surface area contributed by atoms with Crippen LogP contribution in [0.2, 0.25) is 0 Å². The van der Waals surface area contributed by atoms with Crippen LogP contribution in [0.5, 0.6) is 0 Å². The second-order valence-electron chi connectivity index (χ2n) is 6.49. The fraction of sp³-hybridized carbons (Fsp3) is 0.588. The Bertz CT molecular complexity index is 759. The second kappa shape index (κ2) is 10.3. The van der Waals surface area contributed by atoms with E-state index in [2.05, 4.69) is 41.9 Å². The van der Waals surface area contributed by atoms with Crippen molar-refractivity contribution in [3.8, 4) is 0 Å². The van der Waals surface area contributed by atoms with Gasteiger partial charge in [-0.25, -0.2) is 23.7 Å². The highest BCUT2D eigenvalue weighted by Gasteiger charge is 2.22. The number of amidine groups is 1. The van der Waals surface area contributed by atoms with Gasteiger partial charge in [0.1, 0.15) is 5.69 Å². The van der Waals surface area contributed by atoms with Gasteiger partial charge in [-0.15, -0.1) is 0 Å². The molecule has 29 heavy (non-hydrogen) atoms. The molecule has 3 N–H and O–H groups in total. The summed E-state index contributed by atoms with van der Waals surface area (Å²) in [5, 5.41) is 3.26. The zero-order valence-electron chi connectivity index (χ0n) is 16.1. The Hall–Kier alpha value is -2.57. The number of nitrogens with zero attached hydrogens (tertiary/aromatic N) is 7. The zero-order chi connectivity index (χ0) is 20.6. The van der Waals surface area contributed by atoms with Gasteiger partial charge in [-0.3, -0.25) is 9.89 Å². The van der Waals surface area contributed by atoms with E-state index in [1.807, 2.05) is 4.90 Å². The van der Waals surface area contributed by atoms with E-state index in [9.17, 15) is 8.78 Å². The number of hydrogen-bond acceptors (Lipinski definition) is 7. The van der Waals surface area contributed by atoms with E-state index in [4.69, 9.17) is 10.5 Å². The van der Waals surface area contributed by atoms with Crippen LogP contribution in [0.15, 0.2) is 21.2 Å². The number of aliphatic imine (C=N–C) groups is 3. The SMILES string of the molecule is C=NC(=N/C(=N\CN1CCNCC1)c1cnc(N)nc1C(F)F)N1CCOCC1. The molecular formula is C17H25F2N9O. The van der Waals surface area contributed by atoms with Crippen LogP contribution in [0.25, 0.3) is 0 Å². The molecule has 0 bridgehead atoms. The summed E-state index contributed by atoms with van der Waals surface area (Å²) in [6.45, 7) is 9.35. The smallest absolute Gasteiger partial charge is 0.281 e. The molecule has 158 valence electrons. The maximum Gasteiger partial charge on any atom is 0.281 e. The third-order valence-electron chi connectivity index (χ3n) is 4.56. The van der Waals surface area contributed by atoms with Crippen LogP contribution in [0, 0.1) is 0 Å². The van der Waals surface area contributed by atoms with Crippen LogP contribution in [0.1, 0.15) is 17.7 Å². The monoisotopic (exact) mass is 409 g/mol. The molecule has 0 atom stereocenters. The van der Waals surface area contributed by atoms with E-state index in [1.165, 1.54) is 6.20 Å². The standard InChI is InChI=1S/C17H25F2N9O/c1-21-17(28-6-8-29-9-7-28)26-15(24-11-27-4-2-22-3-5-27)12-10-23-16(20)25-13(12)14(18)19/h10,14,22H,1-9,11H2,(H2,20,23,25)/b24-15-,26-17?. The number of rotatable bonds is 4. The Kier molecular flexibility index (Phi) is 7.49. The highest BCUT2D eigenvalue weighted by atomic mass is 19.3. The molecule has 0 saturated carbocycles. The van der Waals surface area contributed by atoms with Gasteiger partial charge in [-0.05, 0) is 6.72 Å². The highest BCUT2D eigenvalue weighted by molar-refractivity contribution is 6.07. The first-order chi connectivity index (χ1) is 14.1. The number of guanidine groups is 1. The largest absolute Gasteiger partial charge is 0.378 e. The normalized spacial score (nSPS) is 19.6. The summed E-state index contributed by atoms with van der Waals surface area (Å²) in [6.07, 6.45) is -1.62. The van der Waals surface area contributed by atoms with Crippen molar-refractivity contribution in [1.29, 1.82) is 0 Å². The second-order valence-corrected chi connectivity index (χ2v) is 6.49. The minimum atomic E-state index is -2.85. The highest BCUT2D eigenvalue weighted by Crippen LogP contribution is 2.22. The van der Waals surface area contributed by atoms with Crippen molar-refractivity contribution >= 4 is 24.5 Å². The Morgan fingerprint density at radius 2 is 2.00 bits per heavy atom. The number of halogens is 2. The van der Waals surface area contributed by atoms with Crippen molar-refractivity contribution in [2.75, 3.05) is 64.9 Å². The summed E-state index contributed by atoms with van der Waals surface area (Å²) in [7, 11) is 0. The summed E-state index contributed by atoms with van der Waals surface area (Å²) < 4.78 is 32.6. The van der Waals surface area contributed by atoms with Gasteiger partial charge in [-0.1, -0.05) is 0 Å². The Balaban J connectivity index is 1.97. The fourth-order valence-corrected chi connectivity index (χ4v) is 3.01. The van der Waals surface area contributed by atoms with E-state index in [-0.39, 0.29) is 17.3 Å². The first-order valence-electron chi connectivity index (χ1n) is 9.35. The van der Waals surface area contributed by atoms with Crippen LogP contribution >= 0.6 is 0 Å². The molecule has 0 spiro atoms. The first-order valence-corrected chi connectivity index (χ1v) is 9.35. The number of piperazine rings is 1. The van der Waals surface area contributed by atoms with Crippen molar-refractivity contribution in [1.82, 2.24) is 25.1 Å². The topological polar surface area (TPSA) is 117 Å². The summed E-state index contributed by atoms with van der Waals surface area (Å²) in [5.41, 5.74) is 5.02. The van der Waals surface area contributed by atoms with E-state index >= 15 is 0 Å². The van der Waals surface area contributed by atoms with Gasteiger partial charge in [0.15, 0.2) is 5.84 Å². The average Bonchev–Trinajstić information content (AvgIpc) is 2.75. The van der Waals surface area contributed by atoms with Crippen LogP contribution < -0.4 is 11.1 Å². The van der Waals surface area contributed by atoms with Crippen molar-refractivity contribution in [2.45, 2.75) is 6.43 Å². The molecule has 0 unspecified atom stereocenters. The zero-order valence-corrected chi connectivity index (χ0v) is 16.1. The number of morpholine rings is 1. The van der Waals surface area contributed by atoms with Crippen molar-refractivity contribution in [3.05, 3.63) is 17.5 Å². The minimum Gasteiger partial charge on any atom is -0.378 e. The molecule has 3 rings (SSSR count). The number of aromatic nitrogens is 2. The number of anilines is 1. The lowest BCUT2D eigenvalue weighted by atomic mass is 10.2. The number of nitrogens with two attached hydrogens (primary N) is 1. The molecule has 1 aromatic rings. The molecule has 12 heteroatoms. The average molecular weight is 409 g/mol. The predicted molar refractivity (Wildman–Crippen MR) is 107 cm³/mol. The molecule has 0 aliphatic carbocycles. The molecule has 2 aliphatic heterocycles. The first kappa shape index (κ1) is 21.1. The summed E-state index contributed by atoms with van der Waals surface area (Å²) >= 11 is 0. The number of alkyl halides is 2. The van der Waals surface area contributed by atoms with Crippen molar-refractivity contribution < 1.29 is 13.5 Å². The van der Waals surface area contributed by atoms with Crippen LogP contribution in [-0.4, -0.2) is 97.4 Å². The molecule has 3 heterocycles. The summed E-state index contributed by atoms with van der Waals surface area (Å²) in [5.74, 6) is 0.141. The molecule has 0 amide bonds. The minimum absolute atomic E-state index is 0.0266. The van der Waals surface area contributed by atoms with Gasteiger partial charge in [0, 0.05) is 45.5 Å². The van der Waals surface area contributed by atoms with E-state index in [0.717, 1.165) is 26.2 Å². The Labute approximate surface area is 167 Å². The number of nitrogens with one attached hydrogen (secondary N) is 1. The maximum absolute atomic E-state index is 13.6. The molecule has 1 aromatic heterocycles. The summed E-state index contributed by atoms with van der Waals surface area (Å²) in [6, 6.07) is 0. The van der Waals surface area contributed by atoms with Crippen LogP contribution in [0.3, 0.4) is 0 Å². The molecule has 2 aliphatic rings. The maximum atomic E-state index is 13.6. The molecule has 10 nitrogen and oxygen atoms in total. The number of hydrogen-bond donors (Lipinski definition) is 2. The fourth-order valence-electron chi connectivity index (χ4n) is 3.01. The van der Waals surface area contributed by atoms with Gasteiger partial charge in [-0.2, -0.15) is 4.99 Å². The molecule has 2 saturated heterocycles. The summed E-state index contributed by atoms with van der Waals surface area (Å²) in [4.78, 5) is 24.5. The van der Waals surface area contributed by atoms with Crippen molar-refractivity contribution in [3.63, 3.8) is 0 Å². The number of nitrogen functional groups attached to an aromatic ring is 1. The van der Waals surface area contributed by atoms with Gasteiger partial charge in [0.2, 0.25) is 11.9 Å². The number of ether oxygens (including phenoxy) is 1. The quantitative estimate of drug-likeness (QED) is 0.531. The lowest BCUT2D eigenvalue weighted by Gasteiger charge is -2.28. The lowest BCUT2D eigenvalue weighted by molar-refractivity contribution is 0.0677. The van der Waals surface area contributed by atoms with Crippen LogP contribution in [-0.2, 0) is 4.74 Å². The van der Waals surface area contributed by atoms with Gasteiger partial charge < -0.3 is 20.7 Å². The van der Waals surface area contributed by atoms with Crippen molar-refractivity contribution in [2.24, 2.45) is 15.0 Å². The molecule has 2 fully saturated rings. The third kappa shape index (κ3) is 5.71. The van der Waals surface area contributed by atoms with E-state index < -0.39 is 12.1 Å². The van der Waals surface area contributed by atoms with Gasteiger partial charge >= 0.3 is 0 Å². The molecule has 0 aromatic carbocycles. The lowest BCUT2D eigenvalue weighted by Crippen LogP contribution is -2.43. The van der Waals surface area contributed by atoms with Crippen LogP contribution in [0.4, 0.5) is 14.7 Å². The Morgan fingerprint density at radius 3 is 2.66 bits per heavy atom. The third-order valence-corrected chi connectivity index (χ3v) is 4.56. The predicted octanol–water partition coefficient (Wildman–Crippen LogP) is -0.00550.